The van der Waals surface area contributed by atoms with Gasteiger partial charge in [-0.2, -0.15) is 0 Å². The fourth-order valence-corrected chi connectivity index (χ4v) is 1.97. The minimum atomic E-state index is 0.140. The van der Waals surface area contributed by atoms with Gasteiger partial charge in [0, 0.05) is 6.54 Å². The van der Waals surface area contributed by atoms with Crippen molar-refractivity contribution in [3.8, 4) is 18.1 Å². The molecule has 2 nitrogen and oxygen atoms in total. The van der Waals surface area contributed by atoms with Crippen molar-refractivity contribution in [2.45, 2.75) is 25.9 Å². The molecule has 0 bridgehead atoms. The van der Waals surface area contributed by atoms with E-state index in [0.717, 1.165) is 23.2 Å². The predicted molar refractivity (Wildman–Crippen MR) is 70.4 cm³/mol. The second-order valence-electron chi connectivity index (χ2n) is 3.48. The number of hydrogen-bond acceptors (Lipinski definition) is 2. The normalized spacial score (nSPS) is 11.9. The van der Waals surface area contributed by atoms with E-state index in [2.05, 4.69) is 34.1 Å². The lowest BCUT2D eigenvalue weighted by Gasteiger charge is -2.11. The summed E-state index contributed by atoms with van der Waals surface area (Å²) in [5.74, 6) is 3.55. The highest BCUT2D eigenvalue weighted by molar-refractivity contribution is 9.10. The number of methoxy groups -OCH3 is 1. The van der Waals surface area contributed by atoms with Crippen LogP contribution in [0.1, 0.15) is 18.9 Å². The zero-order chi connectivity index (χ0) is 12.0. The van der Waals surface area contributed by atoms with E-state index in [1.165, 1.54) is 5.56 Å². The summed E-state index contributed by atoms with van der Waals surface area (Å²) < 4.78 is 6.13. The van der Waals surface area contributed by atoms with Gasteiger partial charge in [0.05, 0.1) is 17.6 Å². The lowest BCUT2D eigenvalue weighted by molar-refractivity contribution is 0.412. The Labute approximate surface area is 106 Å². The van der Waals surface area contributed by atoms with Crippen LogP contribution in [0.15, 0.2) is 22.7 Å². The molecule has 86 valence electrons. The van der Waals surface area contributed by atoms with Crippen molar-refractivity contribution in [3.05, 3.63) is 28.2 Å². The summed E-state index contributed by atoms with van der Waals surface area (Å²) in [6, 6.07) is 6.15. The first kappa shape index (κ1) is 13.1. The Bertz CT molecular complexity index is 384. The van der Waals surface area contributed by atoms with E-state index >= 15 is 0 Å². The number of ether oxygens (including phenoxy) is 1. The largest absolute Gasteiger partial charge is 0.496 e. The molecule has 1 unspecified atom stereocenters. The Balaban J connectivity index is 2.62. The highest BCUT2D eigenvalue weighted by Crippen LogP contribution is 2.25. The SMILES string of the molecule is C#CC(CC)NCc1ccc(OC)c(Br)c1. The van der Waals surface area contributed by atoms with Crippen LogP contribution in [0.2, 0.25) is 0 Å². The third kappa shape index (κ3) is 3.55. The third-order valence-electron chi connectivity index (χ3n) is 2.38. The molecule has 0 aliphatic rings. The quantitative estimate of drug-likeness (QED) is 0.838. The summed E-state index contributed by atoms with van der Waals surface area (Å²) in [5.41, 5.74) is 1.18. The Kier molecular flexibility index (Phi) is 5.37. The van der Waals surface area contributed by atoms with Crippen LogP contribution in [0.4, 0.5) is 0 Å². The topological polar surface area (TPSA) is 21.3 Å². The van der Waals surface area contributed by atoms with Crippen molar-refractivity contribution in [1.29, 1.82) is 0 Å². The second kappa shape index (κ2) is 6.57. The second-order valence-corrected chi connectivity index (χ2v) is 4.33. The average Bonchev–Trinajstić information content (AvgIpc) is 2.30. The molecule has 0 aromatic heterocycles. The smallest absolute Gasteiger partial charge is 0.133 e. The van der Waals surface area contributed by atoms with E-state index in [9.17, 15) is 0 Å². The molecule has 0 aliphatic heterocycles. The monoisotopic (exact) mass is 281 g/mol. The van der Waals surface area contributed by atoms with Crippen LogP contribution in [0.3, 0.4) is 0 Å². The number of nitrogens with one attached hydrogen (secondary N) is 1. The maximum absolute atomic E-state index is 5.38. The summed E-state index contributed by atoms with van der Waals surface area (Å²) >= 11 is 3.46. The van der Waals surface area contributed by atoms with Crippen LogP contribution < -0.4 is 10.1 Å². The summed E-state index contributed by atoms with van der Waals surface area (Å²) in [5, 5.41) is 3.30. The zero-order valence-electron chi connectivity index (χ0n) is 9.59. The van der Waals surface area contributed by atoms with Crippen molar-refractivity contribution in [2.75, 3.05) is 7.11 Å². The summed E-state index contributed by atoms with van der Waals surface area (Å²) in [6.45, 7) is 2.84. The molecule has 0 saturated carbocycles. The first-order valence-electron chi connectivity index (χ1n) is 5.23. The molecule has 0 spiro atoms. The third-order valence-corrected chi connectivity index (χ3v) is 3.00. The van der Waals surface area contributed by atoms with Gasteiger partial charge in [0.25, 0.3) is 0 Å². The fourth-order valence-electron chi connectivity index (χ4n) is 1.38. The summed E-state index contributed by atoms with van der Waals surface area (Å²) in [6.07, 6.45) is 6.32. The molecule has 1 aromatic carbocycles. The lowest BCUT2D eigenvalue weighted by Crippen LogP contribution is -2.26. The molecule has 1 N–H and O–H groups in total. The van der Waals surface area contributed by atoms with E-state index in [1.54, 1.807) is 7.11 Å². The minimum Gasteiger partial charge on any atom is -0.496 e. The molecule has 0 heterocycles. The minimum absolute atomic E-state index is 0.140. The van der Waals surface area contributed by atoms with Crippen LogP contribution in [0.5, 0.6) is 5.75 Å². The van der Waals surface area contributed by atoms with Crippen LogP contribution in [-0.4, -0.2) is 13.2 Å². The van der Waals surface area contributed by atoms with Crippen LogP contribution >= 0.6 is 15.9 Å². The number of terminal acetylenes is 1. The molecule has 1 rings (SSSR count). The van der Waals surface area contributed by atoms with Gasteiger partial charge >= 0.3 is 0 Å². The van der Waals surface area contributed by atoms with Gasteiger partial charge < -0.3 is 4.74 Å². The molecule has 1 aromatic rings. The van der Waals surface area contributed by atoms with Gasteiger partial charge in [0.15, 0.2) is 0 Å². The van der Waals surface area contributed by atoms with Gasteiger partial charge in [-0.05, 0) is 40.0 Å². The molecule has 0 amide bonds. The van der Waals surface area contributed by atoms with E-state index in [4.69, 9.17) is 11.2 Å². The van der Waals surface area contributed by atoms with Crippen LogP contribution in [-0.2, 0) is 6.54 Å². The van der Waals surface area contributed by atoms with Gasteiger partial charge in [-0.1, -0.05) is 18.9 Å². The van der Waals surface area contributed by atoms with E-state index in [0.29, 0.717) is 0 Å². The molecule has 0 fully saturated rings. The standard InChI is InChI=1S/C13H16BrNO/c1-4-11(5-2)15-9-10-6-7-13(16-3)12(14)8-10/h1,6-8,11,15H,5,9H2,2-3H3. The van der Waals surface area contributed by atoms with Gasteiger partial charge in [0.1, 0.15) is 5.75 Å². The summed E-state index contributed by atoms with van der Waals surface area (Å²) in [7, 11) is 1.66. The summed E-state index contributed by atoms with van der Waals surface area (Å²) in [4.78, 5) is 0. The molecule has 16 heavy (non-hydrogen) atoms. The van der Waals surface area contributed by atoms with E-state index in [-0.39, 0.29) is 6.04 Å². The maximum Gasteiger partial charge on any atom is 0.133 e. The number of hydrogen-bond donors (Lipinski definition) is 1. The Morgan fingerprint density at radius 2 is 2.31 bits per heavy atom. The van der Waals surface area contributed by atoms with Gasteiger partial charge in [-0.25, -0.2) is 0 Å². The first-order valence-corrected chi connectivity index (χ1v) is 6.02. The number of halogens is 1. The number of rotatable bonds is 5. The van der Waals surface area contributed by atoms with Crippen molar-refractivity contribution in [2.24, 2.45) is 0 Å². The first-order chi connectivity index (χ1) is 7.71. The molecule has 3 heteroatoms. The van der Waals surface area contributed by atoms with Crippen LogP contribution in [0, 0.1) is 12.3 Å². The van der Waals surface area contributed by atoms with Crippen LogP contribution in [0.25, 0.3) is 0 Å². The fraction of sp³-hybridized carbons (Fsp3) is 0.385. The van der Waals surface area contributed by atoms with Gasteiger partial charge in [-0.3, -0.25) is 5.32 Å². The average molecular weight is 282 g/mol. The number of benzene rings is 1. The molecule has 0 radical (unpaired) electrons. The lowest BCUT2D eigenvalue weighted by atomic mass is 10.2. The van der Waals surface area contributed by atoms with Crippen molar-refractivity contribution < 1.29 is 4.74 Å². The molecule has 1 atom stereocenters. The molecule has 0 saturated heterocycles. The van der Waals surface area contributed by atoms with E-state index in [1.807, 2.05) is 18.2 Å². The van der Waals surface area contributed by atoms with Gasteiger partial charge in [-0.15, -0.1) is 6.42 Å². The molecule has 0 aliphatic carbocycles. The van der Waals surface area contributed by atoms with Crippen molar-refractivity contribution in [1.82, 2.24) is 5.32 Å². The maximum atomic E-state index is 5.38. The Morgan fingerprint density at radius 1 is 1.56 bits per heavy atom. The van der Waals surface area contributed by atoms with E-state index < -0.39 is 0 Å². The molecular weight excluding hydrogens is 266 g/mol. The zero-order valence-corrected chi connectivity index (χ0v) is 11.2. The Hall–Kier alpha value is -0.980. The van der Waals surface area contributed by atoms with Crippen molar-refractivity contribution in [3.63, 3.8) is 0 Å². The predicted octanol–water partition coefficient (Wildman–Crippen LogP) is 2.96. The van der Waals surface area contributed by atoms with Gasteiger partial charge in [0.2, 0.25) is 0 Å². The Morgan fingerprint density at radius 3 is 2.81 bits per heavy atom. The molecular formula is C13H16BrNO. The highest BCUT2D eigenvalue weighted by Gasteiger charge is 2.03. The van der Waals surface area contributed by atoms with Crippen molar-refractivity contribution >= 4 is 15.9 Å². The highest BCUT2D eigenvalue weighted by atomic mass is 79.9.